The molecule has 0 radical (unpaired) electrons. The molecule has 1 N–H and O–H groups in total. The summed E-state index contributed by atoms with van der Waals surface area (Å²) in [5.74, 6) is 2.20. The molecule has 122 valence electrons. The summed E-state index contributed by atoms with van der Waals surface area (Å²) >= 11 is 13.7. The Kier molecular flexibility index (Phi) is 7.09. The molecule has 2 rings (SSSR count). The highest BCUT2D eigenvalue weighted by Crippen LogP contribution is 2.27. The number of nitrogens with one attached hydrogen (secondary N) is 1. The van der Waals surface area contributed by atoms with E-state index in [1.165, 1.54) is 0 Å². The van der Waals surface area contributed by atoms with Crippen molar-refractivity contribution in [2.75, 3.05) is 18.2 Å². The number of hydrogen-bond acceptors (Lipinski definition) is 3. The van der Waals surface area contributed by atoms with E-state index in [4.69, 9.17) is 27.9 Å². The van der Waals surface area contributed by atoms with Gasteiger partial charge in [0.05, 0.1) is 17.8 Å². The van der Waals surface area contributed by atoms with Crippen LogP contribution in [0.2, 0.25) is 10.0 Å². The molecule has 1 amide bonds. The SMILES string of the molecule is COc1ccc(Cl)cc1CSCCC(=O)Nc1ccccc1Cl. The van der Waals surface area contributed by atoms with Gasteiger partial charge in [-0.25, -0.2) is 0 Å². The number of amides is 1. The van der Waals surface area contributed by atoms with E-state index in [1.54, 1.807) is 37.1 Å². The molecule has 0 bridgehead atoms. The smallest absolute Gasteiger partial charge is 0.225 e. The predicted molar refractivity (Wildman–Crippen MR) is 98.9 cm³/mol. The highest BCUT2D eigenvalue weighted by molar-refractivity contribution is 7.98. The Morgan fingerprint density at radius 2 is 2.00 bits per heavy atom. The lowest BCUT2D eigenvalue weighted by atomic mass is 10.2. The first kappa shape index (κ1) is 18.0. The fourth-order valence-electron chi connectivity index (χ4n) is 1.98. The monoisotopic (exact) mass is 369 g/mol. The van der Waals surface area contributed by atoms with Gasteiger partial charge in [0, 0.05) is 28.5 Å². The third-order valence-electron chi connectivity index (χ3n) is 3.12. The van der Waals surface area contributed by atoms with Crippen molar-refractivity contribution in [2.45, 2.75) is 12.2 Å². The van der Waals surface area contributed by atoms with Gasteiger partial charge in [-0.05, 0) is 30.3 Å². The zero-order valence-electron chi connectivity index (χ0n) is 12.6. The number of anilines is 1. The lowest BCUT2D eigenvalue weighted by Crippen LogP contribution is -2.12. The number of ether oxygens (including phenoxy) is 1. The first-order valence-electron chi connectivity index (χ1n) is 7.04. The average molecular weight is 370 g/mol. The molecular formula is C17H17Cl2NO2S. The van der Waals surface area contributed by atoms with E-state index in [1.807, 2.05) is 24.3 Å². The quantitative estimate of drug-likeness (QED) is 0.676. The van der Waals surface area contributed by atoms with Gasteiger partial charge >= 0.3 is 0 Å². The summed E-state index contributed by atoms with van der Waals surface area (Å²) in [6, 6.07) is 12.7. The second-order valence-corrected chi connectivity index (χ2v) is 6.74. The molecule has 0 aromatic heterocycles. The molecule has 0 aliphatic carbocycles. The van der Waals surface area contributed by atoms with Gasteiger partial charge in [-0.15, -0.1) is 0 Å². The Hall–Kier alpha value is -1.36. The van der Waals surface area contributed by atoms with Crippen molar-refractivity contribution in [3.8, 4) is 5.75 Å². The maximum atomic E-state index is 11.9. The van der Waals surface area contributed by atoms with Crippen LogP contribution in [0.25, 0.3) is 0 Å². The molecule has 2 aromatic carbocycles. The Morgan fingerprint density at radius 3 is 2.74 bits per heavy atom. The Morgan fingerprint density at radius 1 is 1.22 bits per heavy atom. The number of benzene rings is 2. The highest BCUT2D eigenvalue weighted by Gasteiger charge is 2.07. The van der Waals surface area contributed by atoms with Crippen molar-refractivity contribution in [3.05, 3.63) is 58.1 Å². The normalized spacial score (nSPS) is 10.4. The largest absolute Gasteiger partial charge is 0.496 e. The zero-order valence-corrected chi connectivity index (χ0v) is 15.0. The summed E-state index contributed by atoms with van der Waals surface area (Å²) in [6.45, 7) is 0. The van der Waals surface area contributed by atoms with E-state index in [9.17, 15) is 4.79 Å². The number of para-hydroxylation sites is 1. The molecule has 0 saturated heterocycles. The molecule has 2 aromatic rings. The molecule has 23 heavy (non-hydrogen) atoms. The summed E-state index contributed by atoms with van der Waals surface area (Å²) in [5.41, 5.74) is 1.66. The first-order valence-corrected chi connectivity index (χ1v) is 8.95. The van der Waals surface area contributed by atoms with Gasteiger partial charge in [0.25, 0.3) is 0 Å². The van der Waals surface area contributed by atoms with Gasteiger partial charge in [-0.2, -0.15) is 11.8 Å². The second-order valence-electron chi connectivity index (χ2n) is 4.79. The van der Waals surface area contributed by atoms with Gasteiger partial charge in [0.15, 0.2) is 0 Å². The fourth-order valence-corrected chi connectivity index (χ4v) is 3.28. The van der Waals surface area contributed by atoms with E-state index < -0.39 is 0 Å². The number of methoxy groups -OCH3 is 1. The molecule has 0 fully saturated rings. The van der Waals surface area contributed by atoms with E-state index in [2.05, 4.69) is 5.32 Å². The number of rotatable bonds is 7. The molecule has 0 aliphatic heterocycles. The van der Waals surface area contributed by atoms with Crippen LogP contribution in [0.15, 0.2) is 42.5 Å². The number of halogens is 2. The van der Waals surface area contributed by atoms with E-state index in [0.717, 1.165) is 17.1 Å². The van der Waals surface area contributed by atoms with Crippen molar-refractivity contribution < 1.29 is 9.53 Å². The molecule has 0 spiro atoms. The molecule has 0 atom stereocenters. The lowest BCUT2D eigenvalue weighted by molar-refractivity contribution is -0.115. The molecule has 0 saturated carbocycles. The van der Waals surface area contributed by atoms with Gasteiger partial charge < -0.3 is 10.1 Å². The van der Waals surface area contributed by atoms with Crippen LogP contribution in [-0.4, -0.2) is 18.8 Å². The van der Waals surface area contributed by atoms with Crippen molar-refractivity contribution in [3.63, 3.8) is 0 Å². The van der Waals surface area contributed by atoms with Gasteiger partial charge in [-0.3, -0.25) is 4.79 Å². The molecule has 0 unspecified atom stereocenters. The van der Waals surface area contributed by atoms with Crippen LogP contribution in [0, 0.1) is 0 Å². The molecule has 6 heteroatoms. The van der Waals surface area contributed by atoms with Crippen molar-refractivity contribution in [2.24, 2.45) is 0 Å². The minimum atomic E-state index is -0.0522. The zero-order chi connectivity index (χ0) is 16.7. The van der Waals surface area contributed by atoms with Crippen LogP contribution in [0.3, 0.4) is 0 Å². The van der Waals surface area contributed by atoms with Crippen molar-refractivity contribution >= 4 is 46.6 Å². The topological polar surface area (TPSA) is 38.3 Å². The predicted octanol–water partition coefficient (Wildman–Crippen LogP) is 5.26. The third-order valence-corrected chi connectivity index (χ3v) is 4.69. The number of carbonyl (C=O) groups is 1. The van der Waals surface area contributed by atoms with Crippen LogP contribution in [0.4, 0.5) is 5.69 Å². The number of thioether (sulfide) groups is 1. The third kappa shape index (κ3) is 5.65. The number of hydrogen-bond donors (Lipinski definition) is 1. The molecular weight excluding hydrogens is 353 g/mol. The van der Waals surface area contributed by atoms with Crippen LogP contribution in [0.1, 0.15) is 12.0 Å². The molecule has 0 heterocycles. The second kappa shape index (κ2) is 9.06. The standard InChI is InChI=1S/C17H17Cl2NO2S/c1-22-16-7-6-13(18)10-12(16)11-23-9-8-17(21)20-15-5-3-2-4-14(15)19/h2-7,10H,8-9,11H2,1H3,(H,20,21). The number of carbonyl (C=O) groups excluding carboxylic acids is 1. The van der Waals surface area contributed by atoms with Crippen LogP contribution < -0.4 is 10.1 Å². The Bertz CT molecular complexity index is 679. The minimum Gasteiger partial charge on any atom is -0.496 e. The highest BCUT2D eigenvalue weighted by atomic mass is 35.5. The minimum absolute atomic E-state index is 0.0522. The maximum Gasteiger partial charge on any atom is 0.225 e. The van der Waals surface area contributed by atoms with Crippen LogP contribution in [-0.2, 0) is 10.5 Å². The van der Waals surface area contributed by atoms with E-state index in [0.29, 0.717) is 27.9 Å². The van der Waals surface area contributed by atoms with Crippen LogP contribution >= 0.6 is 35.0 Å². The summed E-state index contributed by atoms with van der Waals surface area (Å²) in [7, 11) is 1.63. The summed E-state index contributed by atoms with van der Waals surface area (Å²) in [6.07, 6.45) is 0.415. The first-order chi connectivity index (χ1) is 11.1. The summed E-state index contributed by atoms with van der Waals surface area (Å²) in [5, 5.41) is 4.03. The van der Waals surface area contributed by atoms with Gasteiger partial charge in [0.1, 0.15) is 5.75 Å². The van der Waals surface area contributed by atoms with Crippen molar-refractivity contribution in [1.29, 1.82) is 0 Å². The Labute approximate surface area is 150 Å². The van der Waals surface area contributed by atoms with Crippen molar-refractivity contribution in [1.82, 2.24) is 0 Å². The summed E-state index contributed by atoms with van der Waals surface area (Å²) in [4.78, 5) is 11.9. The maximum absolute atomic E-state index is 11.9. The molecule has 3 nitrogen and oxygen atoms in total. The summed E-state index contributed by atoms with van der Waals surface area (Å²) < 4.78 is 5.30. The molecule has 0 aliphatic rings. The average Bonchev–Trinajstić information content (AvgIpc) is 2.54. The lowest BCUT2D eigenvalue weighted by Gasteiger charge is -2.09. The van der Waals surface area contributed by atoms with E-state index >= 15 is 0 Å². The fraction of sp³-hybridized carbons (Fsp3) is 0.235. The van der Waals surface area contributed by atoms with Crippen LogP contribution in [0.5, 0.6) is 5.75 Å². The van der Waals surface area contributed by atoms with Gasteiger partial charge in [0.2, 0.25) is 5.91 Å². The van der Waals surface area contributed by atoms with E-state index in [-0.39, 0.29) is 5.91 Å². The Balaban J connectivity index is 1.78. The van der Waals surface area contributed by atoms with Gasteiger partial charge in [-0.1, -0.05) is 35.3 Å².